The zero-order chi connectivity index (χ0) is 25.2. The lowest BCUT2D eigenvalue weighted by atomic mass is 9.95. The first-order valence-electron chi connectivity index (χ1n) is 11.5. The molecule has 3 aromatic carbocycles. The smallest absolute Gasteiger partial charge is 0.290 e. The van der Waals surface area contributed by atoms with Crippen LogP contribution in [0.1, 0.15) is 32.5 Å². The number of nitrogens with zero attached hydrogens (tertiary/aromatic N) is 2. The third-order valence-electron chi connectivity index (χ3n) is 6.20. The number of carbonyl (C=O) groups excluding carboxylic acids is 2. The van der Waals surface area contributed by atoms with Crippen LogP contribution < -0.4 is 4.74 Å². The SMILES string of the molecule is COc1ccc(CN2C(=O)C(O)=C(C(=O)c3sc(-c4ccccc4)nc3C)C2c2ccccc2)cc1. The highest BCUT2D eigenvalue weighted by Gasteiger charge is 2.44. The minimum absolute atomic E-state index is 0.0751. The molecular weight excluding hydrogens is 472 g/mol. The number of aromatic nitrogens is 1. The summed E-state index contributed by atoms with van der Waals surface area (Å²) in [5.41, 5.74) is 3.15. The number of hydrogen-bond acceptors (Lipinski definition) is 6. The Labute approximate surface area is 213 Å². The molecule has 0 spiro atoms. The third-order valence-corrected chi connectivity index (χ3v) is 7.40. The number of Topliss-reactive ketones (excluding diaryl/α,β-unsaturated/α-hetero) is 1. The minimum atomic E-state index is -0.727. The topological polar surface area (TPSA) is 79.7 Å². The monoisotopic (exact) mass is 496 g/mol. The molecular formula is C29H24N2O4S. The highest BCUT2D eigenvalue weighted by Crippen LogP contribution is 2.41. The highest BCUT2D eigenvalue weighted by atomic mass is 32.1. The van der Waals surface area contributed by atoms with Crippen molar-refractivity contribution in [1.29, 1.82) is 0 Å². The van der Waals surface area contributed by atoms with Gasteiger partial charge in [0.1, 0.15) is 10.8 Å². The van der Waals surface area contributed by atoms with E-state index in [9.17, 15) is 14.7 Å². The minimum Gasteiger partial charge on any atom is -0.503 e. The first-order valence-corrected chi connectivity index (χ1v) is 12.3. The Bertz CT molecular complexity index is 1440. The largest absolute Gasteiger partial charge is 0.503 e. The van der Waals surface area contributed by atoms with Gasteiger partial charge in [0.2, 0.25) is 5.78 Å². The molecule has 0 aliphatic carbocycles. The molecule has 1 aliphatic heterocycles. The predicted molar refractivity (Wildman–Crippen MR) is 139 cm³/mol. The van der Waals surface area contributed by atoms with E-state index >= 15 is 0 Å². The number of rotatable bonds is 7. The zero-order valence-corrected chi connectivity index (χ0v) is 20.7. The van der Waals surface area contributed by atoms with Crippen molar-refractivity contribution in [3.63, 3.8) is 0 Å². The number of aryl methyl sites for hydroxylation is 1. The Hall–Kier alpha value is -4.23. The number of hydrogen-bond donors (Lipinski definition) is 1. The van der Waals surface area contributed by atoms with Crippen molar-refractivity contribution in [2.24, 2.45) is 0 Å². The van der Waals surface area contributed by atoms with Crippen LogP contribution in [0.4, 0.5) is 0 Å². The molecule has 0 radical (unpaired) electrons. The molecule has 2 heterocycles. The van der Waals surface area contributed by atoms with E-state index < -0.39 is 17.7 Å². The van der Waals surface area contributed by atoms with Gasteiger partial charge in [-0.05, 0) is 30.2 Å². The van der Waals surface area contributed by atoms with E-state index in [-0.39, 0.29) is 17.9 Å². The van der Waals surface area contributed by atoms with Gasteiger partial charge in [0.15, 0.2) is 5.76 Å². The van der Waals surface area contributed by atoms with Crippen LogP contribution in [0.2, 0.25) is 0 Å². The lowest BCUT2D eigenvalue weighted by Gasteiger charge is -2.27. The van der Waals surface area contributed by atoms with Gasteiger partial charge in [-0.2, -0.15) is 0 Å². The summed E-state index contributed by atoms with van der Waals surface area (Å²) in [6.07, 6.45) is 0. The quantitative estimate of drug-likeness (QED) is 0.322. The number of benzene rings is 3. The van der Waals surface area contributed by atoms with Crippen LogP contribution in [0.15, 0.2) is 96.3 Å². The second-order valence-electron chi connectivity index (χ2n) is 8.49. The van der Waals surface area contributed by atoms with Gasteiger partial charge in [0, 0.05) is 12.1 Å². The normalized spacial score (nSPS) is 15.4. The molecule has 0 saturated heterocycles. The van der Waals surface area contributed by atoms with E-state index in [1.54, 1.807) is 14.0 Å². The van der Waals surface area contributed by atoms with Gasteiger partial charge in [-0.15, -0.1) is 11.3 Å². The molecule has 6 nitrogen and oxygen atoms in total. The standard InChI is InChI=1S/C29H24N2O4S/c1-18-27(36-28(30-18)21-11-7-4-8-12-21)25(32)23-24(20-9-5-3-6-10-20)31(29(34)26(23)33)17-19-13-15-22(35-2)16-14-19/h3-16,24,33H,17H2,1-2H3. The third kappa shape index (κ3) is 4.29. The van der Waals surface area contributed by atoms with Crippen LogP contribution in [-0.2, 0) is 11.3 Å². The molecule has 5 rings (SSSR count). The van der Waals surface area contributed by atoms with E-state index in [4.69, 9.17) is 4.74 Å². The second-order valence-corrected chi connectivity index (χ2v) is 9.48. The van der Waals surface area contributed by atoms with Crippen LogP contribution in [0, 0.1) is 6.92 Å². The van der Waals surface area contributed by atoms with Crippen molar-refractivity contribution >= 4 is 23.0 Å². The average molecular weight is 497 g/mol. The Morgan fingerprint density at radius 3 is 2.28 bits per heavy atom. The molecule has 1 aromatic heterocycles. The lowest BCUT2D eigenvalue weighted by Crippen LogP contribution is -2.30. The van der Waals surface area contributed by atoms with Gasteiger partial charge in [-0.3, -0.25) is 9.59 Å². The van der Waals surface area contributed by atoms with Gasteiger partial charge in [0.05, 0.1) is 29.3 Å². The average Bonchev–Trinajstić information content (AvgIpc) is 3.43. The van der Waals surface area contributed by atoms with Crippen LogP contribution in [0.5, 0.6) is 5.75 Å². The first-order chi connectivity index (χ1) is 17.5. The molecule has 36 heavy (non-hydrogen) atoms. The van der Waals surface area contributed by atoms with Crippen LogP contribution in [-0.4, -0.2) is 33.8 Å². The second kappa shape index (κ2) is 9.79. The maximum Gasteiger partial charge on any atom is 0.290 e. The van der Waals surface area contributed by atoms with E-state index in [1.807, 2.05) is 84.9 Å². The molecule has 0 fully saturated rings. The predicted octanol–water partition coefficient (Wildman–Crippen LogP) is 5.91. The highest BCUT2D eigenvalue weighted by molar-refractivity contribution is 7.17. The van der Waals surface area contributed by atoms with E-state index in [2.05, 4.69) is 4.98 Å². The number of thiazole rings is 1. The molecule has 1 N–H and O–H groups in total. The number of aliphatic hydroxyl groups excluding tert-OH is 1. The Morgan fingerprint density at radius 1 is 1.00 bits per heavy atom. The van der Waals surface area contributed by atoms with Crippen molar-refractivity contribution < 1.29 is 19.4 Å². The lowest BCUT2D eigenvalue weighted by molar-refractivity contribution is -0.130. The Kier molecular flexibility index (Phi) is 6.40. The number of ketones is 1. The fraction of sp³-hybridized carbons (Fsp3) is 0.138. The first kappa shape index (κ1) is 23.5. The molecule has 1 aliphatic rings. The van der Waals surface area contributed by atoms with Crippen LogP contribution in [0.3, 0.4) is 0 Å². The van der Waals surface area contributed by atoms with Gasteiger partial charge < -0.3 is 14.7 Å². The summed E-state index contributed by atoms with van der Waals surface area (Å²) in [6.45, 7) is 2.00. The number of ether oxygens (including phenoxy) is 1. The summed E-state index contributed by atoms with van der Waals surface area (Å²) in [4.78, 5) is 33.7. The van der Waals surface area contributed by atoms with E-state index in [1.165, 1.54) is 16.2 Å². The summed E-state index contributed by atoms with van der Waals surface area (Å²) >= 11 is 1.27. The van der Waals surface area contributed by atoms with Crippen LogP contribution in [0.25, 0.3) is 10.6 Å². The fourth-order valence-corrected chi connectivity index (χ4v) is 5.42. The molecule has 1 atom stereocenters. The number of methoxy groups -OCH3 is 1. The Morgan fingerprint density at radius 2 is 1.64 bits per heavy atom. The Balaban J connectivity index is 1.54. The number of aliphatic hydroxyl groups is 1. The molecule has 0 saturated carbocycles. The molecule has 0 bridgehead atoms. The summed E-state index contributed by atoms with van der Waals surface area (Å²) in [5.74, 6) is -0.771. The molecule has 7 heteroatoms. The maximum absolute atomic E-state index is 13.9. The van der Waals surface area contributed by atoms with Crippen molar-refractivity contribution in [3.8, 4) is 16.3 Å². The van der Waals surface area contributed by atoms with Gasteiger partial charge in [-0.25, -0.2) is 4.98 Å². The number of amides is 1. The molecule has 4 aromatic rings. The van der Waals surface area contributed by atoms with E-state index in [0.29, 0.717) is 21.3 Å². The van der Waals surface area contributed by atoms with Crippen molar-refractivity contribution in [3.05, 3.63) is 118 Å². The summed E-state index contributed by atoms with van der Waals surface area (Å²) in [5, 5.41) is 11.7. The molecule has 180 valence electrons. The zero-order valence-electron chi connectivity index (χ0n) is 19.8. The summed E-state index contributed by atoms with van der Waals surface area (Å²) in [7, 11) is 1.59. The van der Waals surface area contributed by atoms with Gasteiger partial charge in [-0.1, -0.05) is 72.8 Å². The van der Waals surface area contributed by atoms with Crippen molar-refractivity contribution in [1.82, 2.24) is 9.88 Å². The van der Waals surface area contributed by atoms with Gasteiger partial charge >= 0.3 is 0 Å². The van der Waals surface area contributed by atoms with Crippen molar-refractivity contribution in [2.45, 2.75) is 19.5 Å². The number of carbonyl (C=O) groups is 2. The van der Waals surface area contributed by atoms with Gasteiger partial charge in [0.25, 0.3) is 5.91 Å². The van der Waals surface area contributed by atoms with E-state index in [0.717, 1.165) is 16.7 Å². The summed E-state index contributed by atoms with van der Waals surface area (Å²) in [6, 6.07) is 25.6. The maximum atomic E-state index is 13.9. The molecule has 1 amide bonds. The molecule has 1 unspecified atom stereocenters. The fourth-order valence-electron chi connectivity index (χ4n) is 4.39. The van der Waals surface area contributed by atoms with Crippen LogP contribution >= 0.6 is 11.3 Å². The summed E-state index contributed by atoms with van der Waals surface area (Å²) < 4.78 is 5.23. The van der Waals surface area contributed by atoms with Crippen molar-refractivity contribution in [2.75, 3.05) is 7.11 Å².